The third-order valence-corrected chi connectivity index (χ3v) is 6.34. The predicted molar refractivity (Wildman–Crippen MR) is 134 cm³/mol. The molecule has 8 nitrogen and oxygen atoms in total. The fourth-order valence-corrected chi connectivity index (χ4v) is 4.64. The summed E-state index contributed by atoms with van der Waals surface area (Å²) < 4.78 is 50.5. The minimum atomic E-state index is -3.52. The maximum atomic E-state index is 14.0. The highest BCUT2D eigenvalue weighted by molar-refractivity contribution is 7.92. The van der Waals surface area contributed by atoms with Crippen LogP contribution in [0.25, 0.3) is 0 Å². The second-order valence-electron chi connectivity index (χ2n) is 8.16. The lowest BCUT2D eigenvalue weighted by molar-refractivity contribution is 0.396. The number of ether oxygens (including phenoxy) is 2. The smallest absolute Gasteiger partial charge is 0.230 e. The number of pyridine rings is 3. The normalized spacial score (nSPS) is 11.7. The van der Waals surface area contributed by atoms with Crippen molar-refractivity contribution in [2.45, 2.75) is 11.8 Å². The molecule has 0 saturated heterocycles. The Hall–Kier alpha value is -4.05. The van der Waals surface area contributed by atoms with Crippen LogP contribution in [0.2, 0.25) is 0 Å². The third kappa shape index (κ3) is 5.44. The summed E-state index contributed by atoms with van der Waals surface area (Å²) in [5.74, 6) is 0.712. The Bertz CT molecular complexity index is 1380. The molecule has 0 fully saturated rings. The summed E-state index contributed by atoms with van der Waals surface area (Å²) in [5, 5.41) is 0. The highest BCUT2D eigenvalue weighted by Gasteiger charge is 2.38. The number of halogens is 1. The molecule has 0 aliphatic rings. The number of benzene rings is 1. The van der Waals surface area contributed by atoms with Crippen LogP contribution in [0.4, 0.5) is 10.2 Å². The van der Waals surface area contributed by atoms with Gasteiger partial charge in [-0.25, -0.2) is 27.8 Å². The van der Waals surface area contributed by atoms with E-state index in [1.54, 1.807) is 54.9 Å². The molecule has 0 aliphatic carbocycles. The van der Waals surface area contributed by atoms with Crippen molar-refractivity contribution in [1.82, 2.24) is 15.0 Å². The van der Waals surface area contributed by atoms with Gasteiger partial charge in [-0.1, -0.05) is 30.3 Å². The van der Waals surface area contributed by atoms with Gasteiger partial charge >= 0.3 is 0 Å². The Morgan fingerprint density at radius 1 is 0.833 bits per heavy atom. The van der Waals surface area contributed by atoms with Gasteiger partial charge in [0.1, 0.15) is 11.6 Å². The van der Waals surface area contributed by atoms with Crippen LogP contribution in [0.3, 0.4) is 0 Å². The van der Waals surface area contributed by atoms with Gasteiger partial charge in [0, 0.05) is 36.6 Å². The van der Waals surface area contributed by atoms with Crippen molar-refractivity contribution >= 4 is 15.8 Å². The van der Waals surface area contributed by atoms with Crippen LogP contribution in [-0.4, -0.2) is 43.8 Å². The zero-order chi connectivity index (χ0) is 25.8. The molecule has 0 amide bonds. The van der Waals surface area contributed by atoms with Crippen molar-refractivity contribution in [3.8, 4) is 11.8 Å². The number of anilines is 1. The molecule has 3 heterocycles. The van der Waals surface area contributed by atoms with E-state index in [0.717, 1.165) is 22.9 Å². The monoisotopic (exact) mass is 508 g/mol. The van der Waals surface area contributed by atoms with E-state index in [1.807, 2.05) is 12.1 Å². The number of nitrogens with zero attached hydrogens (tertiary/aromatic N) is 3. The Morgan fingerprint density at radius 3 is 1.86 bits per heavy atom. The molecule has 0 spiro atoms. The molecular formula is C26H25FN4O4S. The summed E-state index contributed by atoms with van der Waals surface area (Å²) in [7, 11) is -0.447. The zero-order valence-electron chi connectivity index (χ0n) is 20.0. The van der Waals surface area contributed by atoms with Crippen LogP contribution in [0.15, 0.2) is 79.1 Å². The summed E-state index contributed by atoms with van der Waals surface area (Å²) in [6, 6.07) is 18.6. The summed E-state index contributed by atoms with van der Waals surface area (Å²) in [5.41, 5.74) is 2.02. The second kappa shape index (κ2) is 10.3. The Labute approximate surface area is 209 Å². The average molecular weight is 509 g/mol. The zero-order valence-corrected chi connectivity index (χ0v) is 20.8. The molecule has 0 atom stereocenters. The van der Waals surface area contributed by atoms with Gasteiger partial charge in [-0.05, 0) is 41.0 Å². The van der Waals surface area contributed by atoms with Crippen molar-refractivity contribution in [3.63, 3.8) is 0 Å². The fraction of sp³-hybridized carbons (Fsp3) is 0.192. The van der Waals surface area contributed by atoms with Gasteiger partial charge in [0.25, 0.3) is 0 Å². The van der Waals surface area contributed by atoms with E-state index >= 15 is 0 Å². The van der Waals surface area contributed by atoms with Crippen LogP contribution < -0.4 is 14.2 Å². The maximum Gasteiger partial charge on any atom is 0.230 e. The lowest BCUT2D eigenvalue weighted by atomic mass is 9.67. The summed E-state index contributed by atoms with van der Waals surface area (Å²) in [6.07, 6.45) is 4.76. The lowest BCUT2D eigenvalue weighted by Crippen LogP contribution is -2.33. The molecular weight excluding hydrogens is 483 g/mol. The molecule has 4 rings (SSSR count). The van der Waals surface area contributed by atoms with E-state index in [-0.39, 0.29) is 11.6 Å². The minimum Gasteiger partial charge on any atom is -0.481 e. The van der Waals surface area contributed by atoms with E-state index < -0.39 is 15.4 Å². The van der Waals surface area contributed by atoms with E-state index in [0.29, 0.717) is 23.9 Å². The Morgan fingerprint density at radius 2 is 1.39 bits per heavy atom. The molecule has 4 aromatic rings. The predicted octanol–water partition coefficient (Wildman–Crippen LogP) is 3.98. The minimum absolute atomic E-state index is 0.198. The number of rotatable bonds is 9. The molecule has 0 radical (unpaired) electrons. The Kier molecular flexibility index (Phi) is 7.16. The number of hydrogen-bond donors (Lipinski definition) is 1. The number of nitrogens with one attached hydrogen (secondary N) is 1. The molecule has 10 heteroatoms. The molecule has 3 aromatic heterocycles. The maximum absolute atomic E-state index is 14.0. The first kappa shape index (κ1) is 25.1. The van der Waals surface area contributed by atoms with E-state index in [2.05, 4.69) is 19.7 Å². The molecule has 0 saturated carbocycles. The molecule has 0 aliphatic heterocycles. The lowest BCUT2D eigenvalue weighted by Gasteiger charge is -2.35. The van der Waals surface area contributed by atoms with Crippen molar-refractivity contribution in [2.75, 3.05) is 25.2 Å². The molecule has 36 heavy (non-hydrogen) atoms. The first-order valence-corrected chi connectivity index (χ1v) is 12.8. The standard InChI is InChI=1S/C26H25FN4O4S/c1-34-24-13-9-19(16-28-24)26(18-7-11-21(27)12-8-18,20-10-14-25(35-2)29-17-20)15-22-5-4-6-23(30-22)31-36(3,32)33/h4-14,16-17H,15H2,1-3H3,(H,30,31). The molecule has 1 N–H and O–H groups in total. The Balaban J connectivity index is 1.96. The molecule has 0 unspecified atom stereocenters. The van der Waals surface area contributed by atoms with Gasteiger partial charge < -0.3 is 9.47 Å². The first-order valence-electron chi connectivity index (χ1n) is 10.9. The SMILES string of the molecule is COc1ccc(C(Cc2cccc(NS(C)(=O)=O)n2)(c2ccc(F)cc2)c2ccc(OC)nc2)cn1. The van der Waals surface area contributed by atoms with Crippen LogP contribution in [0.1, 0.15) is 22.4 Å². The number of hydrogen-bond acceptors (Lipinski definition) is 7. The largest absolute Gasteiger partial charge is 0.481 e. The van der Waals surface area contributed by atoms with Gasteiger partial charge in [0.15, 0.2) is 0 Å². The second-order valence-corrected chi connectivity index (χ2v) is 9.90. The van der Waals surface area contributed by atoms with E-state index in [4.69, 9.17) is 9.47 Å². The van der Waals surface area contributed by atoms with Crippen molar-refractivity contribution < 1.29 is 22.3 Å². The topological polar surface area (TPSA) is 103 Å². The number of methoxy groups -OCH3 is 2. The van der Waals surface area contributed by atoms with Gasteiger partial charge in [0.2, 0.25) is 21.8 Å². The van der Waals surface area contributed by atoms with Gasteiger partial charge in [-0.2, -0.15) is 0 Å². The van der Waals surface area contributed by atoms with E-state index in [1.165, 1.54) is 26.4 Å². The fourth-order valence-electron chi connectivity index (χ4n) is 4.14. The quantitative estimate of drug-likeness (QED) is 0.365. The molecule has 1 aromatic carbocycles. The molecule has 0 bridgehead atoms. The van der Waals surface area contributed by atoms with Crippen molar-refractivity contribution in [3.05, 3.63) is 107 Å². The average Bonchev–Trinajstić information content (AvgIpc) is 2.87. The number of sulfonamides is 1. The molecule has 186 valence electrons. The van der Waals surface area contributed by atoms with Crippen LogP contribution >= 0.6 is 0 Å². The van der Waals surface area contributed by atoms with E-state index in [9.17, 15) is 12.8 Å². The summed E-state index contributed by atoms with van der Waals surface area (Å²) in [4.78, 5) is 13.4. The van der Waals surface area contributed by atoms with Gasteiger partial charge in [-0.15, -0.1) is 0 Å². The first-order chi connectivity index (χ1) is 17.2. The van der Waals surface area contributed by atoms with Crippen LogP contribution in [-0.2, 0) is 21.9 Å². The summed E-state index contributed by atoms with van der Waals surface area (Å²) >= 11 is 0. The van der Waals surface area contributed by atoms with Crippen LogP contribution in [0, 0.1) is 5.82 Å². The third-order valence-electron chi connectivity index (χ3n) is 5.76. The van der Waals surface area contributed by atoms with Crippen molar-refractivity contribution in [2.24, 2.45) is 0 Å². The highest BCUT2D eigenvalue weighted by atomic mass is 32.2. The van der Waals surface area contributed by atoms with Gasteiger partial charge in [-0.3, -0.25) is 4.72 Å². The number of aromatic nitrogens is 3. The highest BCUT2D eigenvalue weighted by Crippen LogP contribution is 2.42. The van der Waals surface area contributed by atoms with Gasteiger partial charge in [0.05, 0.1) is 25.9 Å². The van der Waals surface area contributed by atoms with Crippen molar-refractivity contribution in [1.29, 1.82) is 0 Å². The summed E-state index contributed by atoms with van der Waals surface area (Å²) in [6.45, 7) is 0. The van der Waals surface area contributed by atoms with Crippen LogP contribution in [0.5, 0.6) is 11.8 Å².